The van der Waals surface area contributed by atoms with Crippen molar-refractivity contribution in [3.05, 3.63) is 94.4 Å². The van der Waals surface area contributed by atoms with Crippen LogP contribution in [0.5, 0.6) is 0 Å². The highest BCUT2D eigenvalue weighted by atomic mass is 32.1. The molecule has 0 spiro atoms. The number of fused-ring (bicyclic) bond motifs is 1. The summed E-state index contributed by atoms with van der Waals surface area (Å²) in [5.41, 5.74) is 3.18. The summed E-state index contributed by atoms with van der Waals surface area (Å²) < 4.78 is 32.9. The van der Waals surface area contributed by atoms with E-state index >= 15 is 0 Å². The van der Waals surface area contributed by atoms with Crippen LogP contribution in [-0.2, 0) is 11.2 Å². The summed E-state index contributed by atoms with van der Waals surface area (Å²) in [5.74, 6) is -2.01. The van der Waals surface area contributed by atoms with Crippen LogP contribution in [0.1, 0.15) is 27.7 Å². The Labute approximate surface area is 171 Å². The van der Waals surface area contributed by atoms with Gasteiger partial charge in [-0.1, -0.05) is 30.3 Å². The first-order valence-electron chi connectivity index (χ1n) is 9.28. The van der Waals surface area contributed by atoms with E-state index in [0.717, 1.165) is 37.7 Å². The van der Waals surface area contributed by atoms with Crippen LogP contribution in [0.25, 0.3) is 21.2 Å². The van der Waals surface area contributed by atoms with Crippen LogP contribution in [0.2, 0.25) is 0 Å². The lowest BCUT2D eigenvalue weighted by Gasteiger charge is -2.07. The molecule has 29 heavy (non-hydrogen) atoms. The first-order valence-corrected chi connectivity index (χ1v) is 10.1. The molecule has 1 aromatic heterocycles. The van der Waals surface area contributed by atoms with Crippen LogP contribution in [0, 0.1) is 11.6 Å². The average molecular weight is 408 g/mol. The maximum atomic E-state index is 13.5. The van der Waals surface area contributed by atoms with E-state index < -0.39 is 11.6 Å². The molecule has 0 radical (unpaired) electrons. The molecule has 0 fully saturated rings. The summed E-state index contributed by atoms with van der Waals surface area (Å²) >= 11 is 1.62. The predicted molar refractivity (Wildman–Crippen MR) is 112 cm³/mol. The van der Waals surface area contributed by atoms with Crippen molar-refractivity contribution < 1.29 is 18.3 Å². The molecule has 0 bridgehead atoms. The Morgan fingerprint density at radius 2 is 1.79 bits per heavy atom. The van der Waals surface area contributed by atoms with Crippen LogP contribution in [-0.4, -0.2) is 12.6 Å². The SMILES string of the molecule is CCOC(=O)c1cccc(-c2cccc3sc(Cc4ccc(F)c(F)c4)cc23)c1. The van der Waals surface area contributed by atoms with Crippen molar-refractivity contribution in [2.45, 2.75) is 13.3 Å². The number of carbonyl (C=O) groups excluding carboxylic acids is 1. The van der Waals surface area contributed by atoms with Gasteiger partial charge in [0, 0.05) is 21.4 Å². The summed E-state index contributed by atoms with van der Waals surface area (Å²) in [6.07, 6.45) is 0.527. The zero-order valence-electron chi connectivity index (χ0n) is 15.7. The van der Waals surface area contributed by atoms with Crippen molar-refractivity contribution in [3.8, 4) is 11.1 Å². The Balaban J connectivity index is 1.70. The van der Waals surface area contributed by atoms with Crippen molar-refractivity contribution >= 4 is 27.4 Å². The number of esters is 1. The maximum Gasteiger partial charge on any atom is 0.338 e. The third-order valence-corrected chi connectivity index (χ3v) is 5.76. The van der Waals surface area contributed by atoms with E-state index in [2.05, 4.69) is 6.07 Å². The van der Waals surface area contributed by atoms with E-state index in [0.29, 0.717) is 18.6 Å². The zero-order chi connectivity index (χ0) is 20.4. The second-order valence-electron chi connectivity index (χ2n) is 6.66. The fourth-order valence-electron chi connectivity index (χ4n) is 3.33. The molecule has 4 aromatic rings. The summed E-state index contributed by atoms with van der Waals surface area (Å²) in [7, 11) is 0. The molecule has 0 N–H and O–H groups in total. The number of ether oxygens (including phenoxy) is 1. The molecule has 0 saturated heterocycles. The predicted octanol–water partition coefficient (Wildman–Crippen LogP) is 6.61. The van der Waals surface area contributed by atoms with Gasteiger partial charge < -0.3 is 4.74 Å². The largest absolute Gasteiger partial charge is 0.462 e. The van der Waals surface area contributed by atoms with Gasteiger partial charge in [-0.25, -0.2) is 13.6 Å². The molecule has 146 valence electrons. The number of rotatable bonds is 5. The van der Waals surface area contributed by atoms with E-state index in [1.165, 1.54) is 6.07 Å². The van der Waals surface area contributed by atoms with Crippen molar-refractivity contribution in [2.75, 3.05) is 6.61 Å². The van der Waals surface area contributed by atoms with Crippen LogP contribution in [0.4, 0.5) is 8.78 Å². The molecule has 0 atom stereocenters. The minimum absolute atomic E-state index is 0.330. The monoisotopic (exact) mass is 408 g/mol. The normalized spacial score (nSPS) is 11.0. The average Bonchev–Trinajstić information content (AvgIpc) is 3.13. The highest BCUT2D eigenvalue weighted by molar-refractivity contribution is 7.19. The fraction of sp³-hybridized carbons (Fsp3) is 0.125. The first-order chi connectivity index (χ1) is 14.0. The molecule has 0 amide bonds. The van der Waals surface area contributed by atoms with Crippen LogP contribution in [0.15, 0.2) is 66.7 Å². The second-order valence-corrected chi connectivity index (χ2v) is 7.82. The summed E-state index contributed by atoms with van der Waals surface area (Å²) in [6.45, 7) is 2.11. The van der Waals surface area contributed by atoms with Crippen molar-refractivity contribution in [3.63, 3.8) is 0 Å². The Bertz CT molecular complexity index is 1200. The number of benzene rings is 3. The maximum absolute atomic E-state index is 13.5. The molecule has 0 aliphatic carbocycles. The lowest BCUT2D eigenvalue weighted by atomic mass is 9.99. The smallest absolute Gasteiger partial charge is 0.338 e. The minimum atomic E-state index is -0.839. The Hall–Kier alpha value is -3.05. The van der Waals surface area contributed by atoms with Gasteiger partial charge in [-0.3, -0.25) is 0 Å². The minimum Gasteiger partial charge on any atom is -0.462 e. The quantitative estimate of drug-likeness (QED) is 0.347. The van der Waals surface area contributed by atoms with E-state index in [4.69, 9.17) is 4.74 Å². The number of hydrogen-bond acceptors (Lipinski definition) is 3. The summed E-state index contributed by atoms with van der Waals surface area (Å²) in [5, 5.41) is 1.07. The molecular formula is C24H18F2O2S. The fourth-order valence-corrected chi connectivity index (χ4v) is 4.45. The Morgan fingerprint density at radius 1 is 0.966 bits per heavy atom. The Kier molecular flexibility index (Phi) is 5.41. The highest BCUT2D eigenvalue weighted by Gasteiger charge is 2.12. The van der Waals surface area contributed by atoms with Gasteiger partial charge in [0.25, 0.3) is 0 Å². The van der Waals surface area contributed by atoms with E-state index in [9.17, 15) is 13.6 Å². The molecule has 0 saturated carbocycles. The number of hydrogen-bond donors (Lipinski definition) is 0. The van der Waals surface area contributed by atoms with Gasteiger partial charge in [0.05, 0.1) is 12.2 Å². The second kappa shape index (κ2) is 8.13. The molecule has 0 aliphatic heterocycles. The van der Waals surface area contributed by atoms with Crippen molar-refractivity contribution in [2.24, 2.45) is 0 Å². The molecular weight excluding hydrogens is 390 g/mol. The molecule has 3 aromatic carbocycles. The third kappa shape index (κ3) is 4.05. The van der Waals surface area contributed by atoms with Crippen LogP contribution < -0.4 is 0 Å². The molecule has 0 unspecified atom stereocenters. The van der Waals surface area contributed by atoms with Gasteiger partial charge >= 0.3 is 5.97 Å². The van der Waals surface area contributed by atoms with Crippen LogP contribution >= 0.6 is 11.3 Å². The van der Waals surface area contributed by atoms with Gasteiger partial charge in [0.2, 0.25) is 0 Å². The summed E-state index contributed by atoms with van der Waals surface area (Å²) in [4.78, 5) is 13.1. The number of halogens is 2. The van der Waals surface area contributed by atoms with E-state index in [1.54, 1.807) is 30.4 Å². The van der Waals surface area contributed by atoms with Crippen molar-refractivity contribution in [1.82, 2.24) is 0 Å². The molecule has 5 heteroatoms. The number of thiophene rings is 1. The van der Waals surface area contributed by atoms with Gasteiger partial charge in [-0.15, -0.1) is 11.3 Å². The van der Waals surface area contributed by atoms with E-state index in [-0.39, 0.29) is 5.97 Å². The lowest BCUT2D eigenvalue weighted by molar-refractivity contribution is 0.0526. The van der Waals surface area contributed by atoms with Crippen LogP contribution in [0.3, 0.4) is 0 Å². The standard InChI is InChI=1S/C24H18F2O2S/c1-2-28-24(27)17-6-3-5-16(13-17)19-7-4-8-23-20(19)14-18(29-23)11-15-9-10-21(25)22(26)12-15/h3-10,12-14H,2,11H2,1H3. The van der Waals surface area contributed by atoms with Gasteiger partial charge in [0.1, 0.15) is 0 Å². The van der Waals surface area contributed by atoms with Gasteiger partial charge in [0.15, 0.2) is 11.6 Å². The topological polar surface area (TPSA) is 26.3 Å². The first kappa shape index (κ1) is 19.3. The lowest BCUT2D eigenvalue weighted by Crippen LogP contribution is -2.04. The number of carbonyl (C=O) groups is 1. The van der Waals surface area contributed by atoms with Gasteiger partial charge in [-0.05, 0) is 60.0 Å². The van der Waals surface area contributed by atoms with E-state index in [1.807, 2.05) is 36.4 Å². The zero-order valence-corrected chi connectivity index (χ0v) is 16.6. The van der Waals surface area contributed by atoms with Crippen molar-refractivity contribution in [1.29, 1.82) is 0 Å². The Morgan fingerprint density at radius 3 is 2.59 bits per heavy atom. The molecule has 4 rings (SSSR count). The molecule has 2 nitrogen and oxygen atoms in total. The summed E-state index contributed by atoms with van der Waals surface area (Å²) in [6, 6.07) is 19.5. The highest BCUT2D eigenvalue weighted by Crippen LogP contribution is 2.35. The third-order valence-electron chi connectivity index (χ3n) is 4.66. The molecule has 1 heterocycles. The molecule has 0 aliphatic rings. The van der Waals surface area contributed by atoms with Gasteiger partial charge in [-0.2, -0.15) is 0 Å².